The number of nitrogens with one attached hydrogen (secondary N) is 1. The number of methoxy groups -OCH3 is 1. The van der Waals surface area contributed by atoms with Crippen molar-refractivity contribution in [1.82, 2.24) is 14.9 Å². The second-order valence-corrected chi connectivity index (χ2v) is 7.86. The molecule has 7 heteroatoms. The molecule has 0 unspecified atom stereocenters. The summed E-state index contributed by atoms with van der Waals surface area (Å²) >= 11 is 5.79. The normalized spacial score (nSPS) is 17.9. The standard InChI is InChI=1S/C25H21FN4OS/c1-31-20-13-11-19(12-14-20)30-24(23(28-25(30)32)21-5-2-3-15-27-21)22-6-4-16-29(22)18-9-7-17(26)8-10-18/h2-16,23-24H,1H3,(H,28,32)/t23-,24-/m1/s1. The molecule has 0 spiro atoms. The predicted molar refractivity (Wildman–Crippen MR) is 127 cm³/mol. The molecule has 0 radical (unpaired) electrons. The van der Waals surface area contributed by atoms with E-state index in [2.05, 4.69) is 25.8 Å². The predicted octanol–water partition coefficient (Wildman–Crippen LogP) is 5.20. The summed E-state index contributed by atoms with van der Waals surface area (Å²) < 4.78 is 20.9. The molecule has 160 valence electrons. The Kier molecular flexibility index (Phi) is 5.33. The molecule has 3 heterocycles. The maximum Gasteiger partial charge on any atom is 0.174 e. The van der Waals surface area contributed by atoms with E-state index in [1.807, 2.05) is 54.7 Å². The number of aromatic nitrogens is 2. The molecule has 0 amide bonds. The zero-order valence-electron chi connectivity index (χ0n) is 17.4. The van der Waals surface area contributed by atoms with Gasteiger partial charge in [0.15, 0.2) is 5.11 Å². The third-order valence-electron chi connectivity index (χ3n) is 5.64. The third-order valence-corrected chi connectivity index (χ3v) is 5.95. The van der Waals surface area contributed by atoms with Crippen molar-refractivity contribution in [3.05, 3.63) is 108 Å². The second-order valence-electron chi connectivity index (χ2n) is 7.47. The highest BCUT2D eigenvalue weighted by atomic mass is 32.1. The fourth-order valence-electron chi connectivity index (χ4n) is 4.15. The van der Waals surface area contributed by atoms with Gasteiger partial charge in [-0.15, -0.1) is 0 Å². The minimum absolute atomic E-state index is 0.167. The number of hydrogen-bond acceptors (Lipinski definition) is 3. The largest absolute Gasteiger partial charge is 0.497 e. The zero-order valence-corrected chi connectivity index (χ0v) is 18.2. The maximum atomic E-state index is 13.5. The average molecular weight is 445 g/mol. The van der Waals surface area contributed by atoms with E-state index in [9.17, 15) is 4.39 Å². The molecule has 0 saturated carbocycles. The van der Waals surface area contributed by atoms with E-state index < -0.39 is 0 Å². The van der Waals surface area contributed by atoms with E-state index in [1.54, 1.807) is 25.4 Å². The molecule has 0 aliphatic carbocycles. The highest BCUT2D eigenvalue weighted by Crippen LogP contribution is 2.42. The van der Waals surface area contributed by atoms with Gasteiger partial charge >= 0.3 is 0 Å². The van der Waals surface area contributed by atoms with Crippen LogP contribution in [0.25, 0.3) is 5.69 Å². The Morgan fingerprint density at radius 1 is 0.938 bits per heavy atom. The van der Waals surface area contributed by atoms with Crippen molar-refractivity contribution in [3.8, 4) is 11.4 Å². The molecule has 5 nitrogen and oxygen atoms in total. The Morgan fingerprint density at radius 3 is 2.38 bits per heavy atom. The number of anilines is 1. The van der Waals surface area contributed by atoms with Gasteiger partial charge in [-0.1, -0.05) is 6.07 Å². The minimum Gasteiger partial charge on any atom is -0.497 e. The molecule has 1 fully saturated rings. The van der Waals surface area contributed by atoms with Gasteiger partial charge in [0.25, 0.3) is 0 Å². The van der Waals surface area contributed by atoms with Crippen molar-refractivity contribution in [2.75, 3.05) is 12.0 Å². The van der Waals surface area contributed by atoms with Crippen LogP contribution < -0.4 is 15.0 Å². The van der Waals surface area contributed by atoms with Gasteiger partial charge in [-0.2, -0.15) is 0 Å². The first kappa shape index (κ1) is 20.2. The van der Waals surface area contributed by atoms with Crippen LogP contribution in [0.5, 0.6) is 5.75 Å². The van der Waals surface area contributed by atoms with Gasteiger partial charge in [0.05, 0.1) is 18.8 Å². The van der Waals surface area contributed by atoms with Crippen molar-refractivity contribution in [2.24, 2.45) is 0 Å². The van der Waals surface area contributed by atoms with Gasteiger partial charge < -0.3 is 19.5 Å². The van der Waals surface area contributed by atoms with Crippen LogP contribution in [-0.4, -0.2) is 21.8 Å². The van der Waals surface area contributed by atoms with Crippen LogP contribution in [0.3, 0.4) is 0 Å². The van der Waals surface area contributed by atoms with E-state index in [1.165, 1.54) is 12.1 Å². The minimum atomic E-state index is -0.266. The van der Waals surface area contributed by atoms with E-state index in [4.69, 9.17) is 17.0 Å². The summed E-state index contributed by atoms with van der Waals surface area (Å²) in [5.41, 5.74) is 3.72. The molecule has 0 bridgehead atoms. The van der Waals surface area contributed by atoms with Crippen molar-refractivity contribution in [3.63, 3.8) is 0 Å². The number of hydrogen-bond donors (Lipinski definition) is 1. The fourth-order valence-corrected chi connectivity index (χ4v) is 4.49. The van der Waals surface area contributed by atoms with E-state index >= 15 is 0 Å². The number of rotatable bonds is 5. The van der Waals surface area contributed by atoms with Gasteiger partial charge in [0.1, 0.15) is 17.6 Å². The van der Waals surface area contributed by atoms with E-state index in [0.29, 0.717) is 5.11 Å². The van der Waals surface area contributed by atoms with Crippen LogP contribution >= 0.6 is 12.2 Å². The van der Waals surface area contributed by atoms with E-state index in [0.717, 1.165) is 28.5 Å². The first-order valence-electron chi connectivity index (χ1n) is 10.2. The molecule has 1 aliphatic heterocycles. The molecule has 2 aromatic heterocycles. The van der Waals surface area contributed by atoms with Crippen LogP contribution in [0.4, 0.5) is 10.1 Å². The number of pyridine rings is 1. The molecule has 4 aromatic rings. The van der Waals surface area contributed by atoms with Gasteiger partial charge in [-0.3, -0.25) is 4.98 Å². The summed E-state index contributed by atoms with van der Waals surface area (Å²) in [5.74, 6) is 0.511. The van der Waals surface area contributed by atoms with Crippen LogP contribution in [0.1, 0.15) is 23.5 Å². The maximum absolute atomic E-state index is 13.5. The summed E-state index contributed by atoms with van der Waals surface area (Å²) in [6, 6.07) is 23.9. The monoisotopic (exact) mass is 444 g/mol. The first-order chi connectivity index (χ1) is 15.7. The highest BCUT2D eigenvalue weighted by Gasteiger charge is 2.42. The quantitative estimate of drug-likeness (QED) is 0.429. The summed E-state index contributed by atoms with van der Waals surface area (Å²) in [4.78, 5) is 6.70. The molecule has 1 aliphatic rings. The number of ether oxygens (including phenoxy) is 1. The van der Waals surface area contributed by atoms with Crippen LogP contribution in [-0.2, 0) is 0 Å². The molecule has 2 atom stereocenters. The number of halogens is 1. The Balaban J connectivity index is 1.64. The van der Waals surface area contributed by atoms with Crippen molar-refractivity contribution in [1.29, 1.82) is 0 Å². The summed E-state index contributed by atoms with van der Waals surface area (Å²) in [6.07, 6.45) is 3.76. The zero-order chi connectivity index (χ0) is 22.1. The third kappa shape index (κ3) is 3.61. The molecule has 32 heavy (non-hydrogen) atoms. The van der Waals surface area contributed by atoms with Gasteiger partial charge in [-0.05, 0) is 85.0 Å². The van der Waals surface area contributed by atoms with Crippen LogP contribution in [0.2, 0.25) is 0 Å². The second kappa shape index (κ2) is 8.43. The Bertz CT molecular complexity index is 1230. The molecular formula is C25H21FN4OS. The summed E-state index contributed by atoms with van der Waals surface area (Å²) in [5, 5.41) is 4.08. The SMILES string of the molecule is COc1ccc(N2C(=S)N[C@H](c3ccccn3)[C@H]2c2cccn2-c2ccc(F)cc2)cc1. The number of nitrogens with zero attached hydrogens (tertiary/aromatic N) is 3. The molecular weight excluding hydrogens is 423 g/mol. The lowest BCUT2D eigenvalue weighted by Crippen LogP contribution is -2.30. The van der Waals surface area contributed by atoms with Crippen LogP contribution in [0.15, 0.2) is 91.3 Å². The molecule has 1 saturated heterocycles. The van der Waals surface area contributed by atoms with Crippen molar-refractivity contribution < 1.29 is 9.13 Å². The van der Waals surface area contributed by atoms with Crippen LogP contribution in [0, 0.1) is 5.82 Å². The van der Waals surface area contributed by atoms with Gasteiger partial charge in [-0.25, -0.2) is 4.39 Å². The smallest absolute Gasteiger partial charge is 0.174 e. The van der Waals surface area contributed by atoms with Crippen molar-refractivity contribution >= 4 is 23.0 Å². The topological polar surface area (TPSA) is 42.3 Å². The van der Waals surface area contributed by atoms with Gasteiger partial charge in [0, 0.05) is 29.5 Å². The summed E-state index contributed by atoms with van der Waals surface area (Å²) in [6.45, 7) is 0. The number of benzene rings is 2. The van der Waals surface area contributed by atoms with Crippen molar-refractivity contribution in [2.45, 2.75) is 12.1 Å². The fraction of sp³-hybridized carbons (Fsp3) is 0.120. The molecule has 1 N–H and O–H groups in total. The summed E-state index contributed by atoms with van der Waals surface area (Å²) in [7, 11) is 1.65. The highest BCUT2D eigenvalue weighted by molar-refractivity contribution is 7.80. The lowest BCUT2D eigenvalue weighted by Gasteiger charge is -2.29. The number of thiocarbonyl (C=S) groups is 1. The molecule has 2 aromatic carbocycles. The van der Waals surface area contributed by atoms with E-state index in [-0.39, 0.29) is 17.9 Å². The average Bonchev–Trinajstić information content (AvgIpc) is 3.44. The van der Waals surface area contributed by atoms with Gasteiger partial charge in [0.2, 0.25) is 0 Å². The Hall–Kier alpha value is -3.71. The lowest BCUT2D eigenvalue weighted by molar-refractivity contribution is 0.415. The lowest BCUT2D eigenvalue weighted by atomic mass is 10.0. The Morgan fingerprint density at radius 2 is 1.69 bits per heavy atom. The molecule has 5 rings (SSSR count). The Labute approximate surface area is 191 Å². The first-order valence-corrected chi connectivity index (χ1v) is 10.6.